The first-order valence-corrected chi connectivity index (χ1v) is 14.9. The van der Waals surface area contributed by atoms with E-state index in [9.17, 15) is 19.5 Å². The molecule has 0 radical (unpaired) electrons. The molecule has 2 amide bonds. The van der Waals surface area contributed by atoms with E-state index >= 15 is 0 Å². The summed E-state index contributed by atoms with van der Waals surface area (Å²) in [4.78, 5) is 50.7. The first kappa shape index (κ1) is 29.1. The summed E-state index contributed by atoms with van der Waals surface area (Å²) in [7, 11) is 3.58. The molecule has 6 rings (SSSR count). The molecule has 3 aliphatic heterocycles. The van der Waals surface area contributed by atoms with E-state index in [0.29, 0.717) is 51.7 Å². The van der Waals surface area contributed by atoms with E-state index in [2.05, 4.69) is 31.1 Å². The van der Waals surface area contributed by atoms with Gasteiger partial charge in [-0.1, -0.05) is 15.9 Å². The number of ether oxygens (including phenoxy) is 2. The van der Waals surface area contributed by atoms with E-state index < -0.39 is 6.10 Å². The lowest BCUT2D eigenvalue weighted by Crippen LogP contribution is -2.46. The highest BCUT2D eigenvalue weighted by molar-refractivity contribution is 9.10. The summed E-state index contributed by atoms with van der Waals surface area (Å²) in [6.45, 7) is 1.79. The Morgan fingerprint density at radius 3 is 2.58 bits per heavy atom. The van der Waals surface area contributed by atoms with E-state index in [1.807, 2.05) is 13.1 Å². The van der Waals surface area contributed by atoms with Crippen molar-refractivity contribution in [3.8, 4) is 11.5 Å². The summed E-state index contributed by atoms with van der Waals surface area (Å²) in [6.07, 6.45) is 2.48. The van der Waals surface area contributed by atoms with Crippen molar-refractivity contribution >= 4 is 44.8 Å². The fourth-order valence-electron chi connectivity index (χ4n) is 5.82. The van der Waals surface area contributed by atoms with Gasteiger partial charge in [0.1, 0.15) is 12.7 Å². The number of pyridine rings is 1. The number of rotatable bonds is 9. The lowest BCUT2D eigenvalue weighted by molar-refractivity contribution is 0.0516. The van der Waals surface area contributed by atoms with E-state index in [0.717, 1.165) is 36.0 Å². The number of aromatic nitrogens is 1. The monoisotopic (exact) mass is 649 g/mol. The molecule has 0 bridgehead atoms. The second-order valence-corrected chi connectivity index (χ2v) is 11.9. The van der Waals surface area contributed by atoms with Gasteiger partial charge in [-0.3, -0.25) is 24.3 Å². The van der Waals surface area contributed by atoms with Crippen LogP contribution in [0.2, 0.25) is 0 Å². The van der Waals surface area contributed by atoms with Gasteiger partial charge in [0.15, 0.2) is 11.5 Å². The number of aromatic amines is 1. The molecule has 0 saturated carbocycles. The number of imide groups is 1. The van der Waals surface area contributed by atoms with Gasteiger partial charge in [0.25, 0.3) is 17.4 Å². The minimum Gasteiger partial charge on any atom is -0.493 e. The number of piperidine rings is 1. The Bertz CT molecular complexity index is 1680. The highest BCUT2D eigenvalue weighted by Crippen LogP contribution is 2.37. The molecule has 0 spiro atoms. The number of amides is 2. The highest BCUT2D eigenvalue weighted by atomic mass is 79.9. The van der Waals surface area contributed by atoms with Gasteiger partial charge in [0.05, 0.1) is 40.9 Å². The molecular weight excluding hydrogens is 618 g/mol. The van der Waals surface area contributed by atoms with Gasteiger partial charge >= 0.3 is 0 Å². The van der Waals surface area contributed by atoms with Crippen LogP contribution >= 0.6 is 15.9 Å². The van der Waals surface area contributed by atoms with Crippen LogP contribution in [0, 0.1) is 0 Å². The Morgan fingerprint density at radius 2 is 1.84 bits per heavy atom. The Hall–Kier alpha value is -4.00. The number of carbonyl (C=O) groups excluding carboxylic acids is 2. The zero-order valence-corrected chi connectivity index (χ0v) is 25.4. The molecule has 3 N–H and O–H groups in total. The van der Waals surface area contributed by atoms with Crippen molar-refractivity contribution in [1.82, 2.24) is 14.8 Å². The van der Waals surface area contributed by atoms with Crippen molar-refractivity contribution in [2.75, 3.05) is 45.7 Å². The van der Waals surface area contributed by atoms with Crippen molar-refractivity contribution in [1.29, 1.82) is 0 Å². The third-order valence-electron chi connectivity index (χ3n) is 8.12. The van der Waals surface area contributed by atoms with Crippen LogP contribution in [0.1, 0.15) is 44.7 Å². The largest absolute Gasteiger partial charge is 0.493 e. The van der Waals surface area contributed by atoms with Crippen LogP contribution in [0.25, 0.3) is 0 Å². The quantitative estimate of drug-likeness (QED) is 0.300. The maximum atomic E-state index is 13.3. The number of nitrogens with one attached hydrogen (secondary N) is 2. The van der Waals surface area contributed by atoms with Gasteiger partial charge in [-0.2, -0.15) is 0 Å². The third kappa shape index (κ3) is 5.69. The van der Waals surface area contributed by atoms with Crippen molar-refractivity contribution in [3.05, 3.63) is 79.7 Å². The molecule has 2 aromatic carbocycles. The number of aliphatic hydroxyl groups is 1. The van der Waals surface area contributed by atoms with Gasteiger partial charge < -0.3 is 29.8 Å². The first-order valence-electron chi connectivity index (χ1n) is 14.1. The molecule has 1 fully saturated rings. The normalized spacial score (nSPS) is 17.5. The first-order chi connectivity index (χ1) is 20.7. The number of likely N-dealkylation sites (tertiary alicyclic amines) is 1. The molecule has 1 unspecified atom stereocenters. The van der Waals surface area contributed by atoms with Gasteiger partial charge in [-0.05, 0) is 74.9 Å². The van der Waals surface area contributed by atoms with Gasteiger partial charge in [-0.15, -0.1) is 0 Å². The summed E-state index contributed by atoms with van der Waals surface area (Å²) in [5.74, 6) is 0.493. The van der Waals surface area contributed by atoms with Crippen molar-refractivity contribution in [2.45, 2.75) is 31.4 Å². The average molecular weight is 651 g/mol. The molecule has 3 aliphatic rings. The summed E-state index contributed by atoms with van der Waals surface area (Å²) in [6, 6.07) is 10.4. The number of H-pyrrole nitrogens is 1. The van der Waals surface area contributed by atoms with Crippen LogP contribution in [-0.4, -0.2) is 90.0 Å². The van der Waals surface area contributed by atoms with E-state index in [-0.39, 0.29) is 36.6 Å². The second-order valence-electron chi connectivity index (χ2n) is 11.0. The number of aliphatic imine (C=N–C) groups is 1. The number of fused-ring (bicyclic) bond motifs is 2. The van der Waals surface area contributed by atoms with Crippen LogP contribution in [0.4, 0.5) is 11.4 Å². The van der Waals surface area contributed by atoms with Crippen molar-refractivity contribution in [2.24, 2.45) is 4.99 Å². The number of anilines is 1. The molecule has 0 aliphatic carbocycles. The smallest absolute Gasteiger partial charge is 0.261 e. The number of hydrogen-bond acceptors (Lipinski definition) is 9. The van der Waals surface area contributed by atoms with Gasteiger partial charge in [-0.25, -0.2) is 0 Å². The Morgan fingerprint density at radius 1 is 1.09 bits per heavy atom. The van der Waals surface area contributed by atoms with Crippen LogP contribution in [0.5, 0.6) is 11.5 Å². The number of aliphatic hydroxyl groups excluding tert-OH is 1. The molecule has 43 heavy (non-hydrogen) atoms. The Kier molecular flexibility index (Phi) is 8.08. The highest BCUT2D eigenvalue weighted by Gasteiger charge is 2.42. The maximum Gasteiger partial charge on any atom is 0.261 e. The zero-order chi connectivity index (χ0) is 30.2. The third-order valence-corrected chi connectivity index (χ3v) is 8.61. The summed E-state index contributed by atoms with van der Waals surface area (Å²) in [5, 5.41) is 13.8. The predicted octanol–water partition coefficient (Wildman–Crippen LogP) is 3.36. The Labute approximate surface area is 256 Å². The molecule has 224 valence electrons. The van der Waals surface area contributed by atoms with Crippen LogP contribution in [0.15, 0.2) is 56.9 Å². The Balaban J connectivity index is 1.16. The fraction of sp³-hybridized carbons (Fsp3) is 0.355. The lowest BCUT2D eigenvalue weighted by atomic mass is 10.00. The molecule has 1 saturated heterocycles. The minimum absolute atomic E-state index is 0.00189. The van der Waals surface area contributed by atoms with Crippen LogP contribution in [-0.2, 0) is 6.42 Å². The number of halogens is 1. The van der Waals surface area contributed by atoms with E-state index in [1.54, 1.807) is 37.4 Å². The summed E-state index contributed by atoms with van der Waals surface area (Å²) in [5.41, 5.74) is 3.13. The number of hydrogen-bond donors (Lipinski definition) is 3. The van der Waals surface area contributed by atoms with Crippen molar-refractivity contribution in [3.63, 3.8) is 0 Å². The van der Waals surface area contributed by atoms with E-state index in [1.165, 1.54) is 11.1 Å². The molecule has 1 aromatic heterocycles. The van der Waals surface area contributed by atoms with Crippen molar-refractivity contribution < 1.29 is 24.2 Å². The molecule has 3 aromatic rings. The summed E-state index contributed by atoms with van der Waals surface area (Å²) < 4.78 is 11.9. The van der Waals surface area contributed by atoms with Crippen LogP contribution < -0.4 is 20.3 Å². The molecule has 12 heteroatoms. The summed E-state index contributed by atoms with van der Waals surface area (Å²) >= 11 is 3.39. The number of methoxy groups -OCH3 is 1. The predicted molar refractivity (Wildman–Crippen MR) is 165 cm³/mol. The average Bonchev–Trinajstić information content (AvgIpc) is 3.51. The van der Waals surface area contributed by atoms with Gasteiger partial charge in [0, 0.05) is 29.7 Å². The standard InChI is InChI=1S/C31H32BrN5O6/c1-36-9-6-19(7-10-36)37-30(40)21-11-17-12-25(35-24(17)14-22(21)31(37)41)28-23(5-8-33-29(28)39)34-15-20(38)16-43-26-4-3-18(32)13-27(26)42-2/h3-5,8,11,13-14,19-20,38H,6-7,9-10,12,15-16H2,1-2H3,(H2,33,34,39). The maximum absolute atomic E-state index is 13.3. The zero-order valence-electron chi connectivity index (χ0n) is 23.9. The number of nitrogens with zero attached hydrogens (tertiary/aromatic N) is 3. The molecule has 11 nitrogen and oxygen atoms in total. The number of carbonyl (C=O) groups is 2. The molecule has 4 heterocycles. The molecule has 1 atom stereocenters. The molecular formula is C31H32BrN5O6. The second kappa shape index (κ2) is 11.9. The minimum atomic E-state index is -0.893. The van der Waals surface area contributed by atoms with Crippen LogP contribution in [0.3, 0.4) is 0 Å². The number of benzene rings is 2. The van der Waals surface area contributed by atoms with E-state index in [4.69, 9.17) is 14.5 Å². The van der Waals surface area contributed by atoms with Gasteiger partial charge in [0.2, 0.25) is 0 Å². The SMILES string of the molecule is COc1cc(Br)ccc1OCC(O)CNc1cc[nH]c(=O)c1C1=Nc2cc3c(cc2C1)C(=O)N(C1CCN(C)CC1)C3=O. The lowest BCUT2D eigenvalue weighted by Gasteiger charge is -2.33. The topological polar surface area (TPSA) is 137 Å². The fourth-order valence-corrected chi connectivity index (χ4v) is 6.16.